The number of fused-ring (bicyclic) bond motifs is 1. The number of aromatic amines is 1. The number of primary amides is 1. The summed E-state index contributed by atoms with van der Waals surface area (Å²) in [6.45, 7) is 0.366. The number of rotatable bonds is 17. The second-order valence-corrected chi connectivity index (χ2v) is 10.5. The molecule has 4 atom stereocenters. The number of aromatic hydroxyl groups is 1. The normalized spacial score (nSPS) is 13.8. The van der Waals surface area contributed by atoms with Crippen molar-refractivity contribution in [3.05, 3.63) is 65.9 Å². The largest absolute Gasteiger partial charge is 0.508 e. The minimum Gasteiger partial charge on any atom is -0.508 e. The van der Waals surface area contributed by atoms with Gasteiger partial charge in [-0.2, -0.15) is 0 Å². The Bertz CT molecular complexity index is 1460. The number of carbonyl (C=O) groups excluding carboxylic acids is 4. The number of phenolic OH excluding ortho intramolecular Hbond substituents is 1. The molecule has 3 rings (SSSR count). The average Bonchev–Trinajstić information content (AvgIpc) is 3.39. The number of aliphatic carboxylic acids is 1. The van der Waals surface area contributed by atoms with Gasteiger partial charge in [-0.15, -0.1) is 0 Å². The monoisotopic (exact) mass is 609 g/mol. The summed E-state index contributed by atoms with van der Waals surface area (Å²) in [6, 6.07) is 8.42. The Balaban J connectivity index is 1.78. The third-order valence-electron chi connectivity index (χ3n) is 7.06. The lowest BCUT2D eigenvalue weighted by molar-refractivity contribution is -0.143. The smallest absolute Gasteiger partial charge is 0.326 e. The van der Waals surface area contributed by atoms with Gasteiger partial charge in [-0.25, -0.2) is 4.79 Å². The van der Waals surface area contributed by atoms with Crippen molar-refractivity contribution in [2.24, 2.45) is 17.2 Å². The van der Waals surface area contributed by atoms with Crippen LogP contribution < -0.4 is 33.2 Å². The highest BCUT2D eigenvalue weighted by atomic mass is 16.4. The van der Waals surface area contributed by atoms with Crippen LogP contribution in [0.2, 0.25) is 0 Å². The Morgan fingerprint density at radius 2 is 1.45 bits per heavy atom. The molecule has 0 fully saturated rings. The van der Waals surface area contributed by atoms with E-state index in [0.717, 1.165) is 16.5 Å². The summed E-state index contributed by atoms with van der Waals surface area (Å²) in [5.74, 6) is -4.60. The first-order valence-electron chi connectivity index (χ1n) is 14.2. The number of hydrogen-bond donors (Lipinski definition) is 9. The van der Waals surface area contributed by atoms with Gasteiger partial charge in [-0.05, 0) is 61.6 Å². The van der Waals surface area contributed by atoms with Crippen LogP contribution in [0.4, 0.5) is 0 Å². The zero-order valence-electron chi connectivity index (χ0n) is 24.1. The molecule has 0 saturated carbocycles. The number of hydrogen-bond acceptors (Lipinski definition) is 8. The highest BCUT2D eigenvalue weighted by Crippen LogP contribution is 2.19. The van der Waals surface area contributed by atoms with Crippen molar-refractivity contribution in [2.75, 3.05) is 6.54 Å². The zero-order valence-corrected chi connectivity index (χ0v) is 24.1. The molecule has 0 aliphatic rings. The van der Waals surface area contributed by atoms with Crippen molar-refractivity contribution >= 4 is 40.5 Å². The molecule has 2 aromatic carbocycles. The fraction of sp³-hybridized carbons (Fsp3) is 0.367. The minimum absolute atomic E-state index is 0.0159. The van der Waals surface area contributed by atoms with E-state index in [1.165, 1.54) is 24.3 Å². The van der Waals surface area contributed by atoms with Gasteiger partial charge in [0.05, 0.1) is 12.5 Å². The van der Waals surface area contributed by atoms with Gasteiger partial charge >= 0.3 is 5.97 Å². The molecule has 0 saturated heterocycles. The zero-order chi connectivity index (χ0) is 32.2. The summed E-state index contributed by atoms with van der Waals surface area (Å²) in [4.78, 5) is 66.0. The van der Waals surface area contributed by atoms with E-state index < -0.39 is 60.2 Å². The molecule has 12 N–H and O–H groups in total. The lowest BCUT2D eigenvalue weighted by atomic mass is 10.0. The van der Waals surface area contributed by atoms with Crippen LogP contribution in [0, 0.1) is 0 Å². The van der Waals surface area contributed by atoms with Crippen LogP contribution in [-0.4, -0.2) is 75.5 Å². The van der Waals surface area contributed by atoms with Gasteiger partial charge in [0, 0.05) is 23.5 Å². The number of carboxylic acid groups (broad SMARTS) is 1. The summed E-state index contributed by atoms with van der Waals surface area (Å²) < 4.78 is 0. The van der Waals surface area contributed by atoms with E-state index >= 15 is 0 Å². The first-order valence-corrected chi connectivity index (χ1v) is 14.2. The number of unbranched alkanes of at least 4 members (excludes halogenated alkanes) is 1. The standard InChI is InChI=1S/C30H39N7O7/c31-12-4-3-7-23(35-27(40)21(32)14-18-16-34-22-6-2-1-5-20(18)22)28(41)36-24(13-17-8-10-19(38)11-9-17)29(42)37-25(30(43)44)15-26(33)39/h1-2,5-6,8-11,16,21,23-25,34,38H,3-4,7,12-15,31-32H2,(H2,33,39)(H,35,40)(H,36,41)(H,37,42)(H,43,44). The summed E-state index contributed by atoms with van der Waals surface area (Å²) >= 11 is 0. The number of benzene rings is 2. The number of nitrogens with two attached hydrogens (primary N) is 3. The lowest BCUT2D eigenvalue weighted by Crippen LogP contribution is -2.58. The van der Waals surface area contributed by atoms with Crippen LogP contribution in [0.15, 0.2) is 54.7 Å². The average molecular weight is 610 g/mol. The van der Waals surface area contributed by atoms with E-state index in [1.54, 1.807) is 6.20 Å². The van der Waals surface area contributed by atoms with Gasteiger partial charge in [0.2, 0.25) is 23.6 Å². The molecular formula is C30H39N7O7. The number of carboxylic acids is 1. The molecule has 236 valence electrons. The molecule has 0 aliphatic carbocycles. The van der Waals surface area contributed by atoms with Crippen LogP contribution in [0.3, 0.4) is 0 Å². The van der Waals surface area contributed by atoms with E-state index in [9.17, 15) is 34.2 Å². The predicted octanol–water partition coefficient (Wildman–Crippen LogP) is -0.471. The molecular weight excluding hydrogens is 570 g/mol. The van der Waals surface area contributed by atoms with Gasteiger partial charge in [-0.1, -0.05) is 30.3 Å². The van der Waals surface area contributed by atoms with E-state index in [0.29, 0.717) is 24.9 Å². The maximum absolute atomic E-state index is 13.5. The number of amides is 4. The van der Waals surface area contributed by atoms with Gasteiger partial charge in [-0.3, -0.25) is 19.2 Å². The molecule has 1 aromatic heterocycles. The van der Waals surface area contributed by atoms with Crippen molar-refractivity contribution in [1.29, 1.82) is 0 Å². The Hall–Kier alpha value is -4.95. The van der Waals surface area contributed by atoms with E-state index in [2.05, 4.69) is 20.9 Å². The quantitative estimate of drug-likeness (QED) is 0.0895. The molecule has 0 radical (unpaired) electrons. The lowest BCUT2D eigenvalue weighted by Gasteiger charge is -2.25. The molecule has 0 bridgehead atoms. The maximum atomic E-state index is 13.5. The third-order valence-corrected chi connectivity index (χ3v) is 7.06. The van der Waals surface area contributed by atoms with Gasteiger partial charge in [0.25, 0.3) is 0 Å². The molecule has 0 aliphatic heterocycles. The summed E-state index contributed by atoms with van der Waals surface area (Å²) in [6.07, 6.45) is 2.49. The van der Waals surface area contributed by atoms with E-state index in [4.69, 9.17) is 17.2 Å². The van der Waals surface area contributed by atoms with Crippen LogP contribution >= 0.6 is 0 Å². The van der Waals surface area contributed by atoms with Crippen molar-refractivity contribution in [3.8, 4) is 5.75 Å². The number of nitrogens with one attached hydrogen (secondary N) is 4. The fourth-order valence-corrected chi connectivity index (χ4v) is 4.69. The minimum atomic E-state index is -1.62. The Kier molecular flexibility index (Phi) is 12.2. The van der Waals surface area contributed by atoms with Gasteiger partial charge in [0.1, 0.15) is 23.9 Å². The molecule has 14 nitrogen and oxygen atoms in total. The van der Waals surface area contributed by atoms with E-state index in [1.807, 2.05) is 24.3 Å². The summed E-state index contributed by atoms with van der Waals surface area (Å²) in [5, 5.41) is 27.5. The predicted molar refractivity (Wildman–Crippen MR) is 162 cm³/mol. The molecule has 3 aromatic rings. The van der Waals surface area contributed by atoms with Crippen molar-refractivity contribution in [1.82, 2.24) is 20.9 Å². The first kappa shape index (κ1) is 33.6. The second-order valence-electron chi connectivity index (χ2n) is 10.5. The topological polar surface area (TPSA) is 256 Å². The highest BCUT2D eigenvalue weighted by Gasteiger charge is 2.31. The number of carbonyl (C=O) groups is 5. The van der Waals surface area contributed by atoms with Gasteiger partial charge < -0.3 is 48.3 Å². The molecule has 4 unspecified atom stereocenters. The maximum Gasteiger partial charge on any atom is 0.326 e. The van der Waals surface area contributed by atoms with Crippen LogP contribution in [0.25, 0.3) is 10.9 Å². The fourth-order valence-electron chi connectivity index (χ4n) is 4.69. The summed E-state index contributed by atoms with van der Waals surface area (Å²) in [7, 11) is 0. The SMILES string of the molecule is NCCCCC(NC(=O)C(N)Cc1c[nH]c2ccccc12)C(=O)NC(Cc1ccc(O)cc1)C(=O)NC(CC(N)=O)C(=O)O. The Morgan fingerprint density at radius 1 is 0.818 bits per heavy atom. The number of aromatic nitrogens is 1. The number of phenols is 1. The number of H-pyrrole nitrogens is 1. The van der Waals surface area contributed by atoms with E-state index in [-0.39, 0.29) is 25.0 Å². The van der Waals surface area contributed by atoms with Crippen LogP contribution in [-0.2, 0) is 36.8 Å². The molecule has 4 amide bonds. The Morgan fingerprint density at radius 3 is 2.11 bits per heavy atom. The molecule has 0 spiro atoms. The van der Waals surface area contributed by atoms with Crippen LogP contribution in [0.5, 0.6) is 5.75 Å². The first-order chi connectivity index (χ1) is 21.0. The van der Waals surface area contributed by atoms with Crippen molar-refractivity contribution in [2.45, 2.75) is 62.7 Å². The van der Waals surface area contributed by atoms with Crippen LogP contribution in [0.1, 0.15) is 36.8 Å². The second kappa shape index (κ2) is 16.0. The molecule has 44 heavy (non-hydrogen) atoms. The van der Waals surface area contributed by atoms with Crippen molar-refractivity contribution in [3.63, 3.8) is 0 Å². The summed E-state index contributed by atoms with van der Waals surface area (Å²) in [5.41, 5.74) is 19.3. The molecule has 14 heteroatoms. The van der Waals surface area contributed by atoms with Gasteiger partial charge in [0.15, 0.2) is 0 Å². The Labute approximate surface area is 253 Å². The highest BCUT2D eigenvalue weighted by molar-refractivity contribution is 5.95. The number of para-hydroxylation sites is 1. The molecule has 1 heterocycles. The van der Waals surface area contributed by atoms with Crippen molar-refractivity contribution < 1.29 is 34.2 Å². The third kappa shape index (κ3) is 9.81.